The van der Waals surface area contributed by atoms with Gasteiger partial charge in [0.15, 0.2) is 0 Å². The van der Waals surface area contributed by atoms with Crippen LogP contribution in [0.2, 0.25) is 0 Å². The molecule has 32 heavy (non-hydrogen) atoms. The molecule has 2 amide bonds. The molecule has 164 valence electrons. The first kappa shape index (κ1) is 20.7. The largest absolute Gasteiger partial charge is 0.339 e. The van der Waals surface area contributed by atoms with Crippen molar-refractivity contribution in [3.8, 4) is 10.6 Å². The van der Waals surface area contributed by atoms with Crippen LogP contribution in [0.25, 0.3) is 16.6 Å². The highest BCUT2D eigenvalue weighted by Gasteiger charge is 2.34. The lowest BCUT2D eigenvalue weighted by Gasteiger charge is -2.34. The second-order valence-electron chi connectivity index (χ2n) is 8.35. The van der Waals surface area contributed by atoms with Crippen LogP contribution in [-0.4, -0.2) is 57.6 Å². The van der Waals surface area contributed by atoms with E-state index in [1.807, 2.05) is 56.4 Å². The smallest absolute Gasteiger partial charge is 0.246 e. The van der Waals surface area contributed by atoms with E-state index in [0.717, 1.165) is 29.0 Å². The van der Waals surface area contributed by atoms with Crippen molar-refractivity contribution in [3.05, 3.63) is 71.2 Å². The van der Waals surface area contributed by atoms with Crippen LogP contribution in [-0.2, 0) is 16.1 Å². The first-order chi connectivity index (χ1) is 15.7. The third kappa shape index (κ3) is 4.67. The summed E-state index contributed by atoms with van der Waals surface area (Å²) in [5.41, 5.74) is 3.00. The molecule has 0 spiro atoms. The molecule has 7 heteroatoms. The molecule has 3 aromatic rings. The summed E-state index contributed by atoms with van der Waals surface area (Å²) >= 11 is 1.64. The molecule has 0 N–H and O–H groups in total. The number of carbonyl (C=O) groups excluding carboxylic acids is 2. The third-order valence-electron chi connectivity index (χ3n) is 5.97. The van der Waals surface area contributed by atoms with Gasteiger partial charge < -0.3 is 9.80 Å². The Morgan fingerprint density at radius 2 is 1.75 bits per heavy atom. The molecule has 1 saturated carbocycles. The Labute approximate surface area is 191 Å². The molecule has 0 radical (unpaired) electrons. The summed E-state index contributed by atoms with van der Waals surface area (Å²) < 4.78 is 1.93. The number of amides is 2. The second kappa shape index (κ2) is 9.12. The summed E-state index contributed by atoms with van der Waals surface area (Å²) in [6, 6.07) is 14.3. The van der Waals surface area contributed by atoms with Crippen LogP contribution in [0.15, 0.2) is 60.1 Å². The molecule has 2 fully saturated rings. The molecule has 1 aliphatic carbocycles. The van der Waals surface area contributed by atoms with Crippen molar-refractivity contribution in [3.63, 3.8) is 0 Å². The van der Waals surface area contributed by atoms with Gasteiger partial charge >= 0.3 is 0 Å². The number of nitrogens with zero attached hydrogens (tertiary/aromatic N) is 4. The van der Waals surface area contributed by atoms with Crippen LogP contribution < -0.4 is 0 Å². The molecule has 6 nitrogen and oxygen atoms in total. The van der Waals surface area contributed by atoms with E-state index in [4.69, 9.17) is 5.10 Å². The molecule has 3 heterocycles. The van der Waals surface area contributed by atoms with Crippen molar-refractivity contribution in [2.45, 2.75) is 19.4 Å². The monoisotopic (exact) mass is 446 g/mol. The van der Waals surface area contributed by atoms with Crippen molar-refractivity contribution in [1.29, 1.82) is 0 Å². The highest BCUT2D eigenvalue weighted by Crippen LogP contribution is 2.31. The maximum atomic E-state index is 12.8. The Bertz CT molecular complexity index is 1110. The fraction of sp³-hybridized carbons (Fsp3) is 0.320. The van der Waals surface area contributed by atoms with Gasteiger partial charge in [-0.05, 0) is 35.9 Å². The predicted octanol–water partition coefficient (Wildman–Crippen LogP) is 3.75. The number of carbonyl (C=O) groups is 2. The van der Waals surface area contributed by atoms with Gasteiger partial charge in [0.2, 0.25) is 11.8 Å². The van der Waals surface area contributed by atoms with Crippen molar-refractivity contribution < 1.29 is 9.59 Å². The number of piperazine rings is 1. The minimum absolute atomic E-state index is 0.0172. The van der Waals surface area contributed by atoms with E-state index < -0.39 is 0 Å². The van der Waals surface area contributed by atoms with E-state index in [1.165, 1.54) is 5.56 Å². The predicted molar refractivity (Wildman–Crippen MR) is 126 cm³/mol. The number of benzene rings is 1. The zero-order chi connectivity index (χ0) is 21.9. The van der Waals surface area contributed by atoms with Gasteiger partial charge in [0.1, 0.15) is 5.69 Å². The van der Waals surface area contributed by atoms with Gasteiger partial charge in [0.05, 0.1) is 11.4 Å². The van der Waals surface area contributed by atoms with Crippen molar-refractivity contribution in [2.24, 2.45) is 5.92 Å². The van der Waals surface area contributed by atoms with Crippen LogP contribution in [0.1, 0.15) is 24.0 Å². The van der Waals surface area contributed by atoms with Crippen LogP contribution in [0.5, 0.6) is 0 Å². The molecule has 5 rings (SSSR count). The number of aromatic nitrogens is 2. The fourth-order valence-corrected chi connectivity index (χ4v) is 4.75. The molecular weight excluding hydrogens is 420 g/mol. The standard InChI is InChI=1S/C25H26N4O2S/c30-23(27-12-14-28(15-13-27)25(31)20-8-9-20)11-10-21-18-29(17-19-5-2-1-3-6-19)26-24(21)22-7-4-16-32-22/h1-7,10-11,16,18,20H,8-9,12-15,17H2. The van der Waals surface area contributed by atoms with Gasteiger partial charge in [0, 0.05) is 49.9 Å². The third-order valence-corrected chi connectivity index (χ3v) is 6.84. The Balaban J connectivity index is 1.28. The van der Waals surface area contributed by atoms with Gasteiger partial charge in [-0.25, -0.2) is 0 Å². The Hall–Kier alpha value is -3.19. The first-order valence-corrected chi connectivity index (χ1v) is 12.0. The van der Waals surface area contributed by atoms with Crippen LogP contribution in [0.4, 0.5) is 0 Å². The normalized spacial score (nSPS) is 16.6. The summed E-state index contributed by atoms with van der Waals surface area (Å²) in [6.45, 7) is 3.12. The fourth-order valence-electron chi connectivity index (χ4n) is 4.02. The number of thiophene rings is 1. The Morgan fingerprint density at radius 1 is 1.00 bits per heavy atom. The van der Waals surface area contributed by atoms with E-state index in [1.54, 1.807) is 17.4 Å². The van der Waals surface area contributed by atoms with E-state index in [-0.39, 0.29) is 17.7 Å². The van der Waals surface area contributed by atoms with Gasteiger partial charge in [-0.1, -0.05) is 36.4 Å². The zero-order valence-corrected chi connectivity index (χ0v) is 18.7. The molecule has 2 aliphatic rings. The first-order valence-electron chi connectivity index (χ1n) is 11.1. The molecule has 1 aromatic carbocycles. The summed E-state index contributed by atoms with van der Waals surface area (Å²) in [5.74, 6) is 0.482. The highest BCUT2D eigenvalue weighted by atomic mass is 32.1. The van der Waals surface area contributed by atoms with Gasteiger partial charge in [0.25, 0.3) is 0 Å². The van der Waals surface area contributed by atoms with E-state index in [0.29, 0.717) is 32.7 Å². The summed E-state index contributed by atoms with van der Waals surface area (Å²) in [5, 5.41) is 6.83. The lowest BCUT2D eigenvalue weighted by atomic mass is 10.2. The molecule has 0 atom stereocenters. The highest BCUT2D eigenvalue weighted by molar-refractivity contribution is 7.13. The average molecular weight is 447 g/mol. The number of rotatable bonds is 6. The number of hydrogen-bond acceptors (Lipinski definition) is 4. The second-order valence-corrected chi connectivity index (χ2v) is 9.30. The Morgan fingerprint density at radius 3 is 2.44 bits per heavy atom. The minimum atomic E-state index is -0.0172. The molecule has 1 aliphatic heterocycles. The van der Waals surface area contributed by atoms with Gasteiger partial charge in [-0.2, -0.15) is 5.10 Å². The minimum Gasteiger partial charge on any atom is -0.339 e. The zero-order valence-electron chi connectivity index (χ0n) is 17.9. The maximum Gasteiger partial charge on any atom is 0.246 e. The lowest BCUT2D eigenvalue weighted by Crippen LogP contribution is -2.50. The van der Waals surface area contributed by atoms with Crippen LogP contribution >= 0.6 is 11.3 Å². The number of hydrogen-bond donors (Lipinski definition) is 0. The molecule has 2 aromatic heterocycles. The molecule has 1 saturated heterocycles. The van der Waals surface area contributed by atoms with Crippen LogP contribution in [0.3, 0.4) is 0 Å². The van der Waals surface area contributed by atoms with E-state index in [9.17, 15) is 9.59 Å². The summed E-state index contributed by atoms with van der Waals surface area (Å²) in [6.07, 6.45) is 7.54. The van der Waals surface area contributed by atoms with Gasteiger partial charge in [-0.3, -0.25) is 14.3 Å². The van der Waals surface area contributed by atoms with E-state index in [2.05, 4.69) is 18.2 Å². The SMILES string of the molecule is O=C(C=Cc1cn(Cc2ccccc2)nc1-c1cccs1)N1CCN(C(=O)C2CC2)CC1. The van der Waals surface area contributed by atoms with Crippen LogP contribution in [0, 0.1) is 5.92 Å². The lowest BCUT2D eigenvalue weighted by molar-refractivity contribution is -0.138. The van der Waals surface area contributed by atoms with Crippen molar-refractivity contribution >= 4 is 29.2 Å². The quantitative estimate of drug-likeness (QED) is 0.542. The average Bonchev–Trinajstić information content (AvgIpc) is 3.38. The van der Waals surface area contributed by atoms with Crippen molar-refractivity contribution in [1.82, 2.24) is 19.6 Å². The Kier molecular flexibility index (Phi) is 5.90. The molecule has 0 bridgehead atoms. The molecular formula is C25H26N4O2S. The van der Waals surface area contributed by atoms with Crippen molar-refractivity contribution in [2.75, 3.05) is 26.2 Å². The van der Waals surface area contributed by atoms with E-state index >= 15 is 0 Å². The van der Waals surface area contributed by atoms with Gasteiger partial charge in [-0.15, -0.1) is 11.3 Å². The molecule has 0 unspecified atom stereocenters. The summed E-state index contributed by atoms with van der Waals surface area (Å²) in [7, 11) is 0. The summed E-state index contributed by atoms with van der Waals surface area (Å²) in [4.78, 5) is 29.8. The maximum absolute atomic E-state index is 12.8. The topological polar surface area (TPSA) is 58.4 Å².